The molecular formula is C48H72N16O6. The zero-order chi connectivity index (χ0) is 48.5. The van der Waals surface area contributed by atoms with Gasteiger partial charge in [-0.3, -0.25) is 9.59 Å². The average molecular weight is 969 g/mol. The number of fused-ring (bicyclic) bond motifs is 2. The van der Waals surface area contributed by atoms with Crippen LogP contribution < -0.4 is 31.1 Å². The Hall–Kier alpha value is -5.00. The van der Waals surface area contributed by atoms with Gasteiger partial charge >= 0.3 is 0 Å². The van der Waals surface area contributed by atoms with Gasteiger partial charge in [0.15, 0.2) is 34.0 Å². The van der Waals surface area contributed by atoms with Gasteiger partial charge in [-0.25, -0.2) is 9.97 Å². The molecule has 0 unspecified atom stereocenters. The molecule has 2 saturated heterocycles. The van der Waals surface area contributed by atoms with Gasteiger partial charge in [-0.15, -0.1) is 0 Å². The number of nitrogens with zero attached hydrogens (tertiary/aromatic N) is 12. The highest BCUT2D eigenvalue weighted by Crippen LogP contribution is 2.39. The van der Waals surface area contributed by atoms with Crippen LogP contribution in [0.2, 0.25) is 0 Å². The first-order valence-corrected chi connectivity index (χ1v) is 26.0. The molecule has 4 aromatic heterocycles. The van der Waals surface area contributed by atoms with Crippen molar-refractivity contribution >= 4 is 57.7 Å². The van der Waals surface area contributed by atoms with Crippen molar-refractivity contribution in [3.63, 3.8) is 0 Å². The van der Waals surface area contributed by atoms with Crippen molar-refractivity contribution in [1.82, 2.24) is 59.5 Å². The number of rotatable bonds is 14. The second kappa shape index (κ2) is 19.2. The maximum absolute atomic E-state index is 12.9. The van der Waals surface area contributed by atoms with E-state index >= 15 is 0 Å². The van der Waals surface area contributed by atoms with Crippen LogP contribution in [0.3, 0.4) is 0 Å². The van der Waals surface area contributed by atoms with Crippen LogP contribution in [0.4, 0.5) is 23.5 Å². The Morgan fingerprint density at radius 1 is 0.557 bits per heavy atom. The summed E-state index contributed by atoms with van der Waals surface area (Å²) in [5, 5.41) is 58.8. The van der Waals surface area contributed by atoms with E-state index in [4.69, 9.17) is 29.9 Å². The molecule has 5 saturated carbocycles. The van der Waals surface area contributed by atoms with Crippen LogP contribution in [-0.4, -0.2) is 196 Å². The number of carbonyl (C=O) groups excluding carboxylic acids is 2. The van der Waals surface area contributed by atoms with Gasteiger partial charge in [-0.1, -0.05) is 12.8 Å². The summed E-state index contributed by atoms with van der Waals surface area (Å²) in [5.74, 6) is 2.26. The van der Waals surface area contributed by atoms with E-state index in [1.807, 2.05) is 9.13 Å². The molecule has 5 aliphatic carbocycles. The van der Waals surface area contributed by atoms with Gasteiger partial charge in [0, 0.05) is 62.2 Å². The lowest BCUT2D eigenvalue weighted by atomic mass is 9.84. The molecule has 22 nitrogen and oxygen atoms in total. The van der Waals surface area contributed by atoms with Crippen molar-refractivity contribution in [3.8, 4) is 0 Å². The molecule has 2 amide bonds. The summed E-state index contributed by atoms with van der Waals surface area (Å²) in [6.45, 7) is 3.14. The van der Waals surface area contributed by atoms with Gasteiger partial charge < -0.3 is 70.4 Å². The van der Waals surface area contributed by atoms with E-state index in [9.17, 15) is 30.0 Å². The Kier molecular flexibility index (Phi) is 13.0. The molecule has 2 aliphatic heterocycles. The number of anilines is 4. The predicted molar refractivity (Wildman–Crippen MR) is 262 cm³/mol. The predicted octanol–water partition coefficient (Wildman–Crippen LogP) is 0.985. The number of imidazole rings is 2. The minimum absolute atomic E-state index is 0.0301. The number of amides is 2. The zero-order valence-corrected chi connectivity index (χ0v) is 40.9. The third kappa shape index (κ3) is 8.90. The standard InChI is InChI=1S/C48H72N16O6/c1-59(2)29-15-17-61(21-29)47-55-41(35-43(57-47)63(23-49-35)33-19-31(37(65)39(33)67)53-45(69)25-7-5-8-25)51-27-11-13-28(14-12-27)52-42-36-44(58-48(56-42)62-18-16-30(22-62)60(3)4)64(24-50-36)34-20-32(38(66)40(34)68)54-46(70)26-9-6-10-26/h23-34,37-40,65-68H,5-22H2,1-4H3,(H,53,69)(H,54,70)(H,51,55,57)(H,52,56,58)/t27-,28-,29-,30-,31+,32+,33-,34-,37-,38-,39+,40+/m1/s1. The summed E-state index contributed by atoms with van der Waals surface area (Å²) in [6.07, 6.45) is 10.3. The smallest absolute Gasteiger partial charge is 0.229 e. The molecule has 0 bridgehead atoms. The van der Waals surface area contributed by atoms with Crippen LogP contribution in [0, 0.1) is 11.8 Å². The highest BCUT2D eigenvalue weighted by atomic mass is 16.3. The van der Waals surface area contributed by atoms with Crippen LogP contribution in [0.5, 0.6) is 0 Å². The Balaban J connectivity index is 0.823. The molecule has 70 heavy (non-hydrogen) atoms. The van der Waals surface area contributed by atoms with Gasteiger partial charge in [-0.05, 0) is 105 Å². The van der Waals surface area contributed by atoms with E-state index in [2.05, 4.69) is 69.1 Å². The molecule has 10 atom stereocenters. The second-order valence-corrected chi connectivity index (χ2v) is 22.0. The molecule has 0 aromatic carbocycles. The van der Waals surface area contributed by atoms with Crippen molar-refractivity contribution in [2.75, 3.05) is 74.8 Å². The first kappa shape index (κ1) is 47.3. The summed E-state index contributed by atoms with van der Waals surface area (Å²) in [7, 11) is 8.36. The van der Waals surface area contributed by atoms with Gasteiger partial charge in [0.25, 0.3) is 0 Å². The summed E-state index contributed by atoms with van der Waals surface area (Å²) in [6, 6.07) is -1.40. The maximum Gasteiger partial charge on any atom is 0.229 e. The van der Waals surface area contributed by atoms with Crippen molar-refractivity contribution < 1.29 is 30.0 Å². The lowest BCUT2D eigenvalue weighted by Gasteiger charge is -2.31. The molecule has 380 valence electrons. The number of hydrogen-bond donors (Lipinski definition) is 8. The van der Waals surface area contributed by atoms with Crippen LogP contribution in [0.25, 0.3) is 22.3 Å². The number of aliphatic hydroxyl groups is 4. The quantitative estimate of drug-likeness (QED) is 0.0876. The molecular weight excluding hydrogens is 897 g/mol. The maximum atomic E-state index is 12.9. The normalized spacial score (nSPS) is 32.9. The Bertz CT molecular complexity index is 2370. The highest BCUT2D eigenvalue weighted by Gasteiger charge is 2.47. The third-order valence-corrected chi connectivity index (χ3v) is 17.2. The minimum atomic E-state index is -1.12. The van der Waals surface area contributed by atoms with E-state index in [1.54, 1.807) is 12.7 Å². The molecule has 0 spiro atoms. The van der Waals surface area contributed by atoms with Crippen LogP contribution >= 0.6 is 0 Å². The molecule has 11 rings (SSSR count). The van der Waals surface area contributed by atoms with E-state index in [-0.39, 0.29) is 35.7 Å². The van der Waals surface area contributed by atoms with E-state index in [1.165, 1.54) is 0 Å². The van der Waals surface area contributed by atoms with E-state index < -0.39 is 48.6 Å². The SMILES string of the molecule is CN(C)[C@@H]1CCN(c2nc(N[C@H]3CC[C@H](Nc4nc(N5CC[C@@H](N(C)C)C5)nc5c4ncn5[C@@H]4C[C@H](NC(=O)C5CCC5)[C@@H](O)[C@H]4O)CC3)c3ncn([C@@H]4C[C@H](NC(=O)C5CCC5)[C@@H](O)[C@H]4O)c3n2)C1. The number of likely N-dealkylation sites (N-methyl/N-ethyl adjacent to an activating group) is 2. The van der Waals surface area contributed by atoms with Crippen LogP contribution in [-0.2, 0) is 9.59 Å². The summed E-state index contributed by atoms with van der Waals surface area (Å²) in [4.78, 5) is 64.8. The lowest BCUT2D eigenvalue weighted by Crippen LogP contribution is -2.46. The fraction of sp³-hybridized carbons (Fsp3) is 0.750. The summed E-state index contributed by atoms with van der Waals surface area (Å²) >= 11 is 0. The Labute approximate surface area is 408 Å². The summed E-state index contributed by atoms with van der Waals surface area (Å²) < 4.78 is 3.72. The van der Waals surface area contributed by atoms with E-state index in [0.29, 0.717) is 70.8 Å². The topological polar surface area (TPSA) is 263 Å². The monoisotopic (exact) mass is 969 g/mol. The number of nitrogens with one attached hydrogen (secondary N) is 4. The van der Waals surface area contributed by atoms with Crippen molar-refractivity contribution in [3.05, 3.63) is 12.7 Å². The number of carbonyl (C=O) groups is 2. The molecule has 0 radical (unpaired) electrons. The first-order chi connectivity index (χ1) is 33.8. The Morgan fingerprint density at radius 3 is 1.30 bits per heavy atom. The fourth-order valence-electron chi connectivity index (χ4n) is 12.0. The van der Waals surface area contributed by atoms with Crippen molar-refractivity contribution in [2.24, 2.45) is 11.8 Å². The van der Waals surface area contributed by atoms with E-state index in [0.717, 1.165) is 103 Å². The van der Waals surface area contributed by atoms with Crippen molar-refractivity contribution in [1.29, 1.82) is 0 Å². The van der Waals surface area contributed by atoms with Gasteiger partial charge in [0.2, 0.25) is 23.7 Å². The van der Waals surface area contributed by atoms with Crippen LogP contribution in [0.1, 0.15) is 102 Å². The molecule has 6 heterocycles. The fourth-order valence-corrected chi connectivity index (χ4v) is 12.0. The van der Waals surface area contributed by atoms with Crippen molar-refractivity contribution in [2.45, 2.75) is 163 Å². The molecule has 7 fully saturated rings. The molecule has 4 aromatic rings. The second-order valence-electron chi connectivity index (χ2n) is 22.0. The minimum Gasteiger partial charge on any atom is -0.388 e. The summed E-state index contributed by atoms with van der Waals surface area (Å²) in [5.41, 5.74) is 2.33. The first-order valence-electron chi connectivity index (χ1n) is 26.0. The number of hydrogen-bond acceptors (Lipinski definition) is 18. The average Bonchev–Trinajstić information content (AvgIpc) is 4.17. The number of aromatic nitrogens is 8. The highest BCUT2D eigenvalue weighted by molar-refractivity contribution is 5.86. The lowest BCUT2D eigenvalue weighted by molar-refractivity contribution is -0.129. The molecule has 7 aliphatic rings. The zero-order valence-electron chi connectivity index (χ0n) is 40.9. The van der Waals surface area contributed by atoms with Crippen LogP contribution in [0.15, 0.2) is 12.7 Å². The number of aliphatic hydroxyl groups excluding tert-OH is 4. The van der Waals surface area contributed by atoms with Gasteiger partial charge in [0.1, 0.15) is 24.4 Å². The Morgan fingerprint density at radius 2 is 0.957 bits per heavy atom. The molecule has 22 heteroatoms. The third-order valence-electron chi connectivity index (χ3n) is 17.2. The van der Waals surface area contributed by atoms with Gasteiger partial charge in [0.05, 0.1) is 36.8 Å². The molecule has 8 N–H and O–H groups in total. The van der Waals surface area contributed by atoms with Gasteiger partial charge in [-0.2, -0.15) is 19.9 Å². The largest absolute Gasteiger partial charge is 0.388 e.